The van der Waals surface area contributed by atoms with Crippen LogP contribution >= 0.6 is 0 Å². The zero-order chi connectivity index (χ0) is 10.7. The van der Waals surface area contributed by atoms with E-state index in [4.69, 9.17) is 4.74 Å². The second-order valence-corrected chi connectivity index (χ2v) is 4.99. The summed E-state index contributed by atoms with van der Waals surface area (Å²) in [6.07, 6.45) is 11.0. The molecule has 0 saturated heterocycles. The molecule has 15 heavy (non-hydrogen) atoms. The SMILES string of the molecule is COC1(CC(O)C2=CCCCC2)CCC1. The van der Waals surface area contributed by atoms with E-state index in [1.165, 1.54) is 24.8 Å². The Bertz CT molecular complexity index is 235. The van der Waals surface area contributed by atoms with Gasteiger partial charge in [0, 0.05) is 13.5 Å². The first-order valence-corrected chi connectivity index (χ1v) is 6.18. The summed E-state index contributed by atoms with van der Waals surface area (Å²) in [7, 11) is 1.78. The van der Waals surface area contributed by atoms with Gasteiger partial charge >= 0.3 is 0 Å². The third-order valence-corrected chi connectivity index (χ3v) is 4.02. The maximum atomic E-state index is 10.2. The summed E-state index contributed by atoms with van der Waals surface area (Å²) in [6, 6.07) is 0. The summed E-state index contributed by atoms with van der Waals surface area (Å²) in [6.45, 7) is 0. The highest BCUT2D eigenvalue weighted by atomic mass is 16.5. The first-order chi connectivity index (χ1) is 7.26. The van der Waals surface area contributed by atoms with E-state index in [0.717, 1.165) is 32.1 Å². The monoisotopic (exact) mass is 210 g/mol. The van der Waals surface area contributed by atoms with Crippen molar-refractivity contribution in [2.75, 3.05) is 7.11 Å². The molecule has 2 rings (SSSR count). The number of rotatable bonds is 4. The first kappa shape index (κ1) is 11.2. The minimum Gasteiger partial charge on any atom is -0.389 e. The summed E-state index contributed by atoms with van der Waals surface area (Å²) in [5.41, 5.74) is 1.25. The Morgan fingerprint density at radius 1 is 1.40 bits per heavy atom. The standard InChI is InChI=1S/C13H22O2/c1-15-13(8-5-9-13)10-12(14)11-6-3-2-4-7-11/h6,12,14H,2-5,7-10H2,1H3. The summed E-state index contributed by atoms with van der Waals surface area (Å²) in [5.74, 6) is 0. The van der Waals surface area contributed by atoms with Crippen LogP contribution in [0.2, 0.25) is 0 Å². The second-order valence-electron chi connectivity index (χ2n) is 4.99. The van der Waals surface area contributed by atoms with Crippen molar-refractivity contribution in [3.05, 3.63) is 11.6 Å². The highest BCUT2D eigenvalue weighted by Crippen LogP contribution is 2.40. The molecule has 0 aromatic carbocycles. The molecule has 0 aromatic heterocycles. The van der Waals surface area contributed by atoms with Crippen LogP contribution in [-0.2, 0) is 4.74 Å². The lowest BCUT2D eigenvalue weighted by molar-refractivity contribution is -0.0949. The van der Waals surface area contributed by atoms with Gasteiger partial charge in [0.15, 0.2) is 0 Å². The third-order valence-electron chi connectivity index (χ3n) is 4.02. The molecule has 2 aliphatic carbocycles. The van der Waals surface area contributed by atoms with Crippen LogP contribution in [0, 0.1) is 0 Å². The number of hydrogen-bond donors (Lipinski definition) is 1. The molecule has 2 heteroatoms. The van der Waals surface area contributed by atoms with Crippen LogP contribution in [0.4, 0.5) is 0 Å². The van der Waals surface area contributed by atoms with Gasteiger partial charge in [-0.05, 0) is 50.5 Å². The van der Waals surface area contributed by atoms with Gasteiger partial charge in [-0.2, -0.15) is 0 Å². The molecule has 1 saturated carbocycles. The van der Waals surface area contributed by atoms with Crippen LogP contribution < -0.4 is 0 Å². The van der Waals surface area contributed by atoms with Crippen LogP contribution in [-0.4, -0.2) is 23.9 Å². The fourth-order valence-electron chi connectivity index (χ4n) is 2.71. The Morgan fingerprint density at radius 3 is 2.67 bits per heavy atom. The maximum absolute atomic E-state index is 10.2. The summed E-state index contributed by atoms with van der Waals surface area (Å²) in [4.78, 5) is 0. The van der Waals surface area contributed by atoms with Crippen molar-refractivity contribution in [3.63, 3.8) is 0 Å². The molecule has 1 unspecified atom stereocenters. The highest BCUT2D eigenvalue weighted by molar-refractivity contribution is 5.12. The van der Waals surface area contributed by atoms with Crippen LogP contribution in [0.1, 0.15) is 51.4 Å². The van der Waals surface area contributed by atoms with E-state index in [-0.39, 0.29) is 11.7 Å². The van der Waals surface area contributed by atoms with Gasteiger partial charge in [-0.1, -0.05) is 6.08 Å². The Kier molecular flexibility index (Phi) is 3.47. The molecule has 1 fully saturated rings. The van der Waals surface area contributed by atoms with Crippen LogP contribution in [0.5, 0.6) is 0 Å². The van der Waals surface area contributed by atoms with Crippen molar-refractivity contribution in [2.45, 2.75) is 63.1 Å². The molecule has 2 nitrogen and oxygen atoms in total. The van der Waals surface area contributed by atoms with Crippen LogP contribution in [0.25, 0.3) is 0 Å². The van der Waals surface area contributed by atoms with E-state index in [2.05, 4.69) is 6.08 Å². The quantitative estimate of drug-likeness (QED) is 0.723. The van der Waals surface area contributed by atoms with E-state index < -0.39 is 0 Å². The molecule has 86 valence electrons. The van der Waals surface area contributed by atoms with Gasteiger partial charge in [0.25, 0.3) is 0 Å². The van der Waals surface area contributed by atoms with Crippen molar-refractivity contribution in [1.29, 1.82) is 0 Å². The molecule has 0 aromatic rings. The zero-order valence-corrected chi connectivity index (χ0v) is 9.67. The first-order valence-electron chi connectivity index (χ1n) is 6.18. The number of allylic oxidation sites excluding steroid dienone is 1. The number of hydrogen-bond acceptors (Lipinski definition) is 2. The average molecular weight is 210 g/mol. The van der Waals surface area contributed by atoms with Crippen LogP contribution in [0.15, 0.2) is 11.6 Å². The molecule has 0 heterocycles. The minimum atomic E-state index is -0.259. The van der Waals surface area contributed by atoms with Gasteiger partial charge in [-0.3, -0.25) is 0 Å². The van der Waals surface area contributed by atoms with E-state index in [1.807, 2.05) is 0 Å². The predicted molar refractivity (Wildman–Crippen MR) is 60.8 cm³/mol. The third kappa shape index (κ3) is 2.43. The Balaban J connectivity index is 1.90. The number of ether oxygens (including phenoxy) is 1. The lowest BCUT2D eigenvalue weighted by Crippen LogP contribution is -2.42. The zero-order valence-electron chi connectivity index (χ0n) is 9.67. The van der Waals surface area contributed by atoms with Gasteiger partial charge in [0.2, 0.25) is 0 Å². The molecule has 0 amide bonds. The smallest absolute Gasteiger partial charge is 0.0777 e. The lowest BCUT2D eigenvalue weighted by Gasteiger charge is -2.42. The Hall–Kier alpha value is -0.340. The number of methoxy groups -OCH3 is 1. The summed E-state index contributed by atoms with van der Waals surface area (Å²) in [5, 5.41) is 10.2. The molecule has 0 aliphatic heterocycles. The number of aliphatic hydroxyl groups excluding tert-OH is 1. The van der Waals surface area contributed by atoms with Gasteiger partial charge < -0.3 is 9.84 Å². The minimum absolute atomic E-state index is 0.00228. The molecular weight excluding hydrogens is 188 g/mol. The fourth-order valence-corrected chi connectivity index (χ4v) is 2.71. The van der Waals surface area contributed by atoms with E-state index in [0.29, 0.717) is 0 Å². The van der Waals surface area contributed by atoms with Gasteiger partial charge in [0.1, 0.15) is 0 Å². The molecule has 0 spiro atoms. The summed E-state index contributed by atoms with van der Waals surface area (Å²) < 4.78 is 5.55. The average Bonchev–Trinajstić information content (AvgIpc) is 2.24. The normalized spacial score (nSPS) is 26.7. The van der Waals surface area contributed by atoms with Crippen molar-refractivity contribution < 1.29 is 9.84 Å². The van der Waals surface area contributed by atoms with E-state index >= 15 is 0 Å². The molecule has 2 aliphatic rings. The molecular formula is C13H22O2. The Morgan fingerprint density at radius 2 is 2.20 bits per heavy atom. The Labute approximate surface area is 92.3 Å². The summed E-state index contributed by atoms with van der Waals surface area (Å²) >= 11 is 0. The molecule has 0 bridgehead atoms. The van der Waals surface area contributed by atoms with Gasteiger partial charge in [0.05, 0.1) is 11.7 Å². The second kappa shape index (κ2) is 4.67. The van der Waals surface area contributed by atoms with Gasteiger partial charge in [-0.25, -0.2) is 0 Å². The largest absolute Gasteiger partial charge is 0.389 e. The number of aliphatic hydroxyl groups is 1. The van der Waals surface area contributed by atoms with Crippen molar-refractivity contribution in [2.24, 2.45) is 0 Å². The van der Waals surface area contributed by atoms with Crippen molar-refractivity contribution in [3.8, 4) is 0 Å². The van der Waals surface area contributed by atoms with Gasteiger partial charge in [-0.15, -0.1) is 0 Å². The molecule has 1 atom stereocenters. The topological polar surface area (TPSA) is 29.5 Å². The van der Waals surface area contributed by atoms with Crippen LogP contribution in [0.3, 0.4) is 0 Å². The maximum Gasteiger partial charge on any atom is 0.0777 e. The van der Waals surface area contributed by atoms with Crippen molar-refractivity contribution >= 4 is 0 Å². The predicted octanol–water partition coefficient (Wildman–Crippen LogP) is 2.81. The van der Waals surface area contributed by atoms with E-state index in [9.17, 15) is 5.11 Å². The lowest BCUT2D eigenvalue weighted by atomic mass is 9.74. The molecule has 1 N–H and O–H groups in total. The van der Waals surface area contributed by atoms with Crippen molar-refractivity contribution in [1.82, 2.24) is 0 Å². The highest BCUT2D eigenvalue weighted by Gasteiger charge is 2.39. The molecule has 0 radical (unpaired) electrons. The van der Waals surface area contributed by atoms with E-state index in [1.54, 1.807) is 7.11 Å². The fraction of sp³-hybridized carbons (Fsp3) is 0.846.